The number of ether oxygens (including phenoxy) is 1. The Kier molecular flexibility index (Phi) is 4.76. The molecule has 2 aromatic carbocycles. The van der Waals surface area contributed by atoms with Crippen LogP contribution < -0.4 is 10.4 Å². The van der Waals surface area contributed by atoms with Crippen LogP contribution in [0.5, 0.6) is 5.75 Å². The van der Waals surface area contributed by atoms with Gasteiger partial charge in [0.2, 0.25) is 0 Å². The largest absolute Gasteiger partial charge is 0.489 e. The Morgan fingerprint density at radius 1 is 1.08 bits per heavy atom. The van der Waals surface area contributed by atoms with Crippen molar-refractivity contribution in [2.75, 3.05) is 0 Å². The van der Waals surface area contributed by atoms with Gasteiger partial charge in [-0.2, -0.15) is 9.36 Å². The zero-order valence-corrected chi connectivity index (χ0v) is 16.2. The van der Waals surface area contributed by atoms with Gasteiger partial charge < -0.3 is 4.74 Å². The molecule has 7 heteroatoms. The smallest absolute Gasteiger partial charge is 0.368 e. The molecule has 0 spiro atoms. The number of nitrogens with zero attached hydrogens (tertiary/aromatic N) is 4. The Morgan fingerprint density at radius 2 is 1.84 bits per heavy atom. The number of hydrogen-bond acceptors (Lipinski definition) is 4. The molecule has 0 bridgehead atoms. The van der Waals surface area contributed by atoms with Gasteiger partial charge in [-0.05, 0) is 66.1 Å². The lowest BCUT2D eigenvalue weighted by molar-refractivity contribution is 0.302. The van der Waals surface area contributed by atoms with Crippen LogP contribution in [0.15, 0.2) is 39.6 Å². The maximum atomic E-state index is 12.2. The Bertz CT molecular complexity index is 991. The molecule has 0 amide bonds. The maximum Gasteiger partial charge on any atom is 0.368 e. The normalized spacial score (nSPS) is 10.9. The molecule has 1 heterocycles. The van der Waals surface area contributed by atoms with E-state index in [9.17, 15) is 4.79 Å². The summed E-state index contributed by atoms with van der Waals surface area (Å²) in [5.74, 6) is 0.821. The molecule has 1 aromatic heterocycles. The van der Waals surface area contributed by atoms with Crippen molar-refractivity contribution in [3.63, 3.8) is 0 Å². The summed E-state index contributed by atoms with van der Waals surface area (Å²) in [6, 6.07) is 9.65. The minimum absolute atomic E-state index is 0.289. The summed E-state index contributed by atoms with van der Waals surface area (Å²) in [5.41, 5.74) is 4.56. The predicted molar refractivity (Wildman–Crippen MR) is 99.3 cm³/mol. The standard InChI is InChI=1S/C18H19BrN4O2/c1-11-6-5-7-16(23-18(24)22(4)20-21-23)14(11)10-25-17-9-8-15(19)12(2)13(17)3/h5-9H,10H2,1-4H3. The third-order valence-corrected chi connectivity index (χ3v) is 5.24. The molecule has 25 heavy (non-hydrogen) atoms. The second kappa shape index (κ2) is 6.84. The fourth-order valence-electron chi connectivity index (χ4n) is 2.61. The highest BCUT2D eigenvalue weighted by molar-refractivity contribution is 9.10. The van der Waals surface area contributed by atoms with Gasteiger partial charge in [0.1, 0.15) is 12.4 Å². The summed E-state index contributed by atoms with van der Waals surface area (Å²) >= 11 is 3.53. The number of aromatic nitrogens is 4. The minimum atomic E-state index is -0.289. The van der Waals surface area contributed by atoms with Crippen LogP contribution >= 0.6 is 15.9 Å². The fourth-order valence-corrected chi connectivity index (χ4v) is 3.04. The van der Waals surface area contributed by atoms with Gasteiger partial charge >= 0.3 is 5.69 Å². The van der Waals surface area contributed by atoms with Crippen molar-refractivity contribution in [3.8, 4) is 11.4 Å². The monoisotopic (exact) mass is 402 g/mol. The van der Waals surface area contributed by atoms with Gasteiger partial charge in [0.15, 0.2) is 0 Å². The van der Waals surface area contributed by atoms with E-state index in [0.29, 0.717) is 12.3 Å². The van der Waals surface area contributed by atoms with E-state index in [4.69, 9.17) is 4.74 Å². The highest BCUT2D eigenvalue weighted by atomic mass is 79.9. The quantitative estimate of drug-likeness (QED) is 0.671. The maximum absolute atomic E-state index is 12.2. The zero-order chi connectivity index (χ0) is 18.1. The van der Waals surface area contributed by atoms with E-state index in [0.717, 1.165) is 32.5 Å². The van der Waals surface area contributed by atoms with Gasteiger partial charge in [0.25, 0.3) is 0 Å². The van der Waals surface area contributed by atoms with Crippen LogP contribution in [0.25, 0.3) is 5.69 Å². The van der Waals surface area contributed by atoms with Crippen LogP contribution in [0.1, 0.15) is 22.3 Å². The number of rotatable bonds is 4. The van der Waals surface area contributed by atoms with Crippen molar-refractivity contribution in [3.05, 3.63) is 67.5 Å². The summed E-state index contributed by atoms with van der Waals surface area (Å²) in [7, 11) is 1.58. The van der Waals surface area contributed by atoms with E-state index in [1.54, 1.807) is 7.05 Å². The molecule has 0 fully saturated rings. The second-order valence-electron chi connectivity index (χ2n) is 5.95. The molecule has 3 aromatic rings. The fraction of sp³-hybridized carbons (Fsp3) is 0.278. The zero-order valence-electron chi connectivity index (χ0n) is 14.6. The first kappa shape index (κ1) is 17.4. The molecule has 0 aliphatic heterocycles. The molecule has 0 saturated heterocycles. The molecule has 0 atom stereocenters. The van der Waals surface area contributed by atoms with Crippen molar-refractivity contribution in [1.29, 1.82) is 0 Å². The Balaban J connectivity index is 1.97. The third-order valence-electron chi connectivity index (χ3n) is 4.38. The Morgan fingerprint density at radius 3 is 2.52 bits per heavy atom. The molecular weight excluding hydrogens is 384 g/mol. The molecule has 6 nitrogen and oxygen atoms in total. The first-order chi connectivity index (χ1) is 11.9. The lowest BCUT2D eigenvalue weighted by atomic mass is 10.1. The highest BCUT2D eigenvalue weighted by Crippen LogP contribution is 2.29. The topological polar surface area (TPSA) is 61.9 Å². The molecule has 0 aliphatic rings. The molecule has 0 unspecified atom stereocenters. The van der Waals surface area contributed by atoms with E-state index in [1.165, 1.54) is 9.36 Å². The van der Waals surface area contributed by atoms with E-state index in [-0.39, 0.29) is 5.69 Å². The number of aryl methyl sites for hydroxylation is 2. The van der Waals surface area contributed by atoms with Gasteiger partial charge in [-0.1, -0.05) is 28.1 Å². The molecule has 3 rings (SSSR count). The highest BCUT2D eigenvalue weighted by Gasteiger charge is 2.14. The van der Waals surface area contributed by atoms with Gasteiger partial charge in [-0.3, -0.25) is 0 Å². The van der Waals surface area contributed by atoms with Crippen molar-refractivity contribution in [2.45, 2.75) is 27.4 Å². The summed E-state index contributed by atoms with van der Waals surface area (Å²) in [6.07, 6.45) is 0. The predicted octanol–water partition coefficient (Wildman–Crippen LogP) is 3.23. The van der Waals surface area contributed by atoms with Crippen molar-refractivity contribution in [1.82, 2.24) is 19.8 Å². The van der Waals surface area contributed by atoms with E-state index in [1.807, 2.05) is 51.1 Å². The lowest BCUT2D eigenvalue weighted by Crippen LogP contribution is -2.23. The van der Waals surface area contributed by atoms with Crippen molar-refractivity contribution in [2.24, 2.45) is 7.05 Å². The van der Waals surface area contributed by atoms with E-state index >= 15 is 0 Å². The Hall–Kier alpha value is -2.41. The molecule has 0 aliphatic carbocycles. The number of halogens is 1. The van der Waals surface area contributed by atoms with Crippen molar-refractivity contribution < 1.29 is 4.74 Å². The third kappa shape index (κ3) is 3.24. The molecular formula is C18H19BrN4O2. The molecule has 0 N–H and O–H groups in total. The van der Waals surface area contributed by atoms with Crippen LogP contribution in [0.3, 0.4) is 0 Å². The van der Waals surface area contributed by atoms with Gasteiger partial charge in [0.05, 0.1) is 5.69 Å². The van der Waals surface area contributed by atoms with Gasteiger partial charge in [-0.15, -0.1) is 0 Å². The summed E-state index contributed by atoms with van der Waals surface area (Å²) in [5, 5.41) is 7.73. The molecule has 130 valence electrons. The van der Waals surface area contributed by atoms with E-state index < -0.39 is 0 Å². The number of benzene rings is 2. The molecule has 0 saturated carbocycles. The first-order valence-electron chi connectivity index (χ1n) is 7.86. The van der Waals surface area contributed by atoms with Gasteiger partial charge in [-0.25, -0.2) is 4.79 Å². The van der Waals surface area contributed by atoms with Crippen LogP contribution in [-0.4, -0.2) is 19.8 Å². The van der Waals surface area contributed by atoms with Crippen LogP contribution in [0, 0.1) is 20.8 Å². The van der Waals surface area contributed by atoms with Gasteiger partial charge in [0, 0.05) is 17.1 Å². The first-order valence-corrected chi connectivity index (χ1v) is 8.66. The number of tetrazole rings is 1. The lowest BCUT2D eigenvalue weighted by Gasteiger charge is -2.15. The van der Waals surface area contributed by atoms with Crippen molar-refractivity contribution >= 4 is 15.9 Å². The van der Waals surface area contributed by atoms with Crippen LogP contribution in [0.2, 0.25) is 0 Å². The average molecular weight is 403 g/mol. The summed E-state index contributed by atoms with van der Waals surface area (Å²) < 4.78 is 9.61. The number of hydrogen-bond donors (Lipinski definition) is 0. The van der Waals surface area contributed by atoms with E-state index in [2.05, 4.69) is 26.4 Å². The SMILES string of the molecule is Cc1cccc(-n2nnn(C)c2=O)c1COc1ccc(Br)c(C)c1C. The minimum Gasteiger partial charge on any atom is -0.489 e. The van der Waals surface area contributed by atoms with Crippen LogP contribution in [0.4, 0.5) is 0 Å². The Labute approximate surface area is 154 Å². The average Bonchev–Trinajstić information content (AvgIpc) is 2.92. The summed E-state index contributed by atoms with van der Waals surface area (Å²) in [4.78, 5) is 12.2. The second-order valence-corrected chi connectivity index (χ2v) is 6.81. The van der Waals surface area contributed by atoms with Crippen LogP contribution in [-0.2, 0) is 13.7 Å². The molecule has 0 radical (unpaired) electrons. The summed E-state index contributed by atoms with van der Waals surface area (Å²) in [6.45, 7) is 6.40.